The second kappa shape index (κ2) is 9.16. The summed E-state index contributed by atoms with van der Waals surface area (Å²) in [6.07, 6.45) is 1.09. The highest BCUT2D eigenvalue weighted by Crippen LogP contribution is 2.33. The van der Waals surface area contributed by atoms with Gasteiger partial charge in [0, 0.05) is 42.9 Å². The molecule has 166 valence electrons. The van der Waals surface area contributed by atoms with Crippen molar-refractivity contribution in [1.29, 1.82) is 0 Å². The molecule has 1 fully saturated rings. The molecule has 2 aromatic rings. The van der Waals surface area contributed by atoms with Gasteiger partial charge in [0.15, 0.2) is 0 Å². The molecule has 4 rings (SSSR count). The SMILES string of the molecule is COc1ccc(CN2CC[C@@H](Oc3ccc4c(c3)CCC(=O)N4)[C@H](O)C2)c(OC)c1C. The first-order valence-electron chi connectivity index (χ1n) is 10.7. The first-order chi connectivity index (χ1) is 15.0. The number of carbonyl (C=O) groups excluding carboxylic acids is 1. The lowest BCUT2D eigenvalue weighted by molar-refractivity contribution is -0.116. The molecule has 0 bridgehead atoms. The van der Waals surface area contributed by atoms with Gasteiger partial charge < -0.3 is 24.6 Å². The normalized spacial score (nSPS) is 21.2. The number of rotatable bonds is 6. The number of nitrogens with zero attached hydrogens (tertiary/aromatic N) is 1. The van der Waals surface area contributed by atoms with Crippen LogP contribution in [-0.2, 0) is 17.8 Å². The van der Waals surface area contributed by atoms with Crippen molar-refractivity contribution in [2.45, 2.75) is 44.9 Å². The number of aryl methyl sites for hydroxylation is 1. The summed E-state index contributed by atoms with van der Waals surface area (Å²) in [6.45, 7) is 4.02. The summed E-state index contributed by atoms with van der Waals surface area (Å²) < 4.78 is 17.1. The smallest absolute Gasteiger partial charge is 0.224 e. The van der Waals surface area contributed by atoms with Gasteiger partial charge in [0.25, 0.3) is 0 Å². The number of aliphatic hydroxyl groups is 1. The summed E-state index contributed by atoms with van der Waals surface area (Å²) in [7, 11) is 3.32. The van der Waals surface area contributed by atoms with Crippen LogP contribution in [0.4, 0.5) is 5.69 Å². The third-order valence-electron chi connectivity index (χ3n) is 6.12. The van der Waals surface area contributed by atoms with E-state index in [9.17, 15) is 9.90 Å². The van der Waals surface area contributed by atoms with Crippen LogP contribution in [0.3, 0.4) is 0 Å². The Balaban J connectivity index is 1.38. The number of likely N-dealkylation sites (tertiary alicyclic amines) is 1. The van der Waals surface area contributed by atoms with Crippen molar-refractivity contribution in [3.63, 3.8) is 0 Å². The third-order valence-corrected chi connectivity index (χ3v) is 6.12. The van der Waals surface area contributed by atoms with Crippen LogP contribution in [0.2, 0.25) is 0 Å². The maximum atomic E-state index is 11.5. The second-order valence-electron chi connectivity index (χ2n) is 8.20. The average molecular weight is 427 g/mol. The Hall–Kier alpha value is -2.77. The Kier molecular flexibility index (Phi) is 6.34. The first kappa shape index (κ1) is 21.5. The Labute approximate surface area is 182 Å². The zero-order valence-corrected chi connectivity index (χ0v) is 18.3. The van der Waals surface area contributed by atoms with Crippen molar-refractivity contribution in [3.8, 4) is 17.2 Å². The van der Waals surface area contributed by atoms with Crippen molar-refractivity contribution in [2.24, 2.45) is 0 Å². The molecule has 0 radical (unpaired) electrons. The Morgan fingerprint density at radius 1 is 1.16 bits per heavy atom. The summed E-state index contributed by atoms with van der Waals surface area (Å²) >= 11 is 0. The fraction of sp³-hybridized carbons (Fsp3) is 0.458. The molecule has 0 unspecified atom stereocenters. The number of anilines is 1. The number of hydrogen-bond donors (Lipinski definition) is 2. The van der Waals surface area contributed by atoms with E-state index < -0.39 is 6.10 Å². The molecule has 2 heterocycles. The molecular formula is C24H30N2O5. The monoisotopic (exact) mass is 426 g/mol. The predicted molar refractivity (Wildman–Crippen MR) is 118 cm³/mol. The van der Waals surface area contributed by atoms with E-state index in [0.29, 0.717) is 25.9 Å². The topological polar surface area (TPSA) is 80.3 Å². The van der Waals surface area contributed by atoms with Gasteiger partial charge in [0.2, 0.25) is 5.91 Å². The van der Waals surface area contributed by atoms with E-state index in [4.69, 9.17) is 14.2 Å². The van der Waals surface area contributed by atoms with E-state index >= 15 is 0 Å². The zero-order valence-electron chi connectivity index (χ0n) is 18.3. The molecule has 1 saturated heterocycles. The minimum absolute atomic E-state index is 0.0487. The number of piperidine rings is 1. The largest absolute Gasteiger partial charge is 0.496 e. The van der Waals surface area contributed by atoms with Gasteiger partial charge in [-0.05, 0) is 49.6 Å². The molecule has 7 heteroatoms. The van der Waals surface area contributed by atoms with Gasteiger partial charge in [-0.3, -0.25) is 9.69 Å². The lowest BCUT2D eigenvalue weighted by atomic mass is 10.0. The number of carbonyl (C=O) groups is 1. The molecular weight excluding hydrogens is 396 g/mol. The summed E-state index contributed by atoms with van der Waals surface area (Å²) in [4.78, 5) is 13.7. The summed E-state index contributed by atoms with van der Waals surface area (Å²) in [6, 6.07) is 9.68. The van der Waals surface area contributed by atoms with Gasteiger partial charge >= 0.3 is 0 Å². The van der Waals surface area contributed by atoms with Crippen LogP contribution in [0.25, 0.3) is 0 Å². The van der Waals surface area contributed by atoms with Crippen molar-refractivity contribution >= 4 is 11.6 Å². The summed E-state index contributed by atoms with van der Waals surface area (Å²) in [5.41, 5.74) is 3.97. The molecule has 31 heavy (non-hydrogen) atoms. The Bertz CT molecular complexity index is 961. The maximum absolute atomic E-state index is 11.5. The minimum atomic E-state index is -0.588. The molecule has 0 aliphatic carbocycles. The number of fused-ring (bicyclic) bond motifs is 1. The van der Waals surface area contributed by atoms with E-state index in [1.165, 1.54) is 0 Å². The number of amides is 1. The van der Waals surface area contributed by atoms with Crippen molar-refractivity contribution in [3.05, 3.63) is 47.0 Å². The fourth-order valence-electron chi connectivity index (χ4n) is 4.46. The molecule has 1 amide bonds. The van der Waals surface area contributed by atoms with E-state index in [-0.39, 0.29) is 12.0 Å². The maximum Gasteiger partial charge on any atom is 0.224 e. The number of methoxy groups -OCH3 is 2. The van der Waals surface area contributed by atoms with Crippen molar-refractivity contribution < 1.29 is 24.1 Å². The van der Waals surface area contributed by atoms with Crippen LogP contribution in [0.1, 0.15) is 29.5 Å². The van der Waals surface area contributed by atoms with Gasteiger partial charge in [-0.15, -0.1) is 0 Å². The minimum Gasteiger partial charge on any atom is -0.496 e. The van der Waals surface area contributed by atoms with Crippen LogP contribution >= 0.6 is 0 Å². The lowest BCUT2D eigenvalue weighted by Gasteiger charge is -2.36. The highest BCUT2D eigenvalue weighted by molar-refractivity contribution is 5.94. The average Bonchev–Trinajstić information content (AvgIpc) is 2.76. The quantitative estimate of drug-likeness (QED) is 0.739. The number of ether oxygens (including phenoxy) is 3. The molecule has 2 N–H and O–H groups in total. The molecule has 2 aromatic carbocycles. The van der Waals surface area contributed by atoms with Crippen LogP contribution < -0.4 is 19.5 Å². The highest BCUT2D eigenvalue weighted by Gasteiger charge is 2.30. The Morgan fingerprint density at radius 2 is 2.00 bits per heavy atom. The molecule has 0 spiro atoms. The van der Waals surface area contributed by atoms with Gasteiger partial charge in [-0.2, -0.15) is 0 Å². The number of hydrogen-bond acceptors (Lipinski definition) is 6. The molecule has 0 saturated carbocycles. The fourth-order valence-corrected chi connectivity index (χ4v) is 4.46. The Morgan fingerprint density at radius 3 is 2.74 bits per heavy atom. The van der Waals surface area contributed by atoms with Crippen LogP contribution in [0.5, 0.6) is 17.2 Å². The highest BCUT2D eigenvalue weighted by atomic mass is 16.5. The first-order valence-corrected chi connectivity index (χ1v) is 10.7. The van der Waals surface area contributed by atoms with Gasteiger partial charge in [0.1, 0.15) is 29.5 Å². The predicted octanol–water partition coefficient (Wildman–Crippen LogP) is 2.91. The standard InChI is InChI=1S/C24H30N2O5/c1-15-21(29-2)8-4-17(24(15)30-3)13-26-11-10-22(20(27)14-26)31-18-6-7-19-16(12-18)5-9-23(28)25-19/h4,6-8,12,20,22,27H,5,9-11,13-14H2,1-3H3,(H,25,28)/t20-,22-/m1/s1. The van der Waals surface area contributed by atoms with Crippen LogP contribution in [0.15, 0.2) is 30.3 Å². The molecule has 7 nitrogen and oxygen atoms in total. The number of aliphatic hydroxyl groups excluding tert-OH is 1. The molecule has 2 aliphatic rings. The molecule has 2 aliphatic heterocycles. The third kappa shape index (κ3) is 4.62. The zero-order chi connectivity index (χ0) is 22.0. The van der Waals surface area contributed by atoms with E-state index in [2.05, 4.69) is 10.2 Å². The second-order valence-corrected chi connectivity index (χ2v) is 8.20. The van der Waals surface area contributed by atoms with Crippen molar-refractivity contribution in [2.75, 3.05) is 32.6 Å². The van der Waals surface area contributed by atoms with Crippen LogP contribution in [-0.4, -0.2) is 55.4 Å². The number of nitrogens with one attached hydrogen (secondary N) is 1. The molecule has 2 atom stereocenters. The van der Waals surface area contributed by atoms with Gasteiger partial charge in [-0.25, -0.2) is 0 Å². The van der Waals surface area contributed by atoms with E-state index in [0.717, 1.165) is 52.6 Å². The molecule has 0 aromatic heterocycles. The van der Waals surface area contributed by atoms with Crippen LogP contribution in [0, 0.1) is 6.92 Å². The van der Waals surface area contributed by atoms with E-state index in [1.807, 2.05) is 37.3 Å². The summed E-state index contributed by atoms with van der Waals surface area (Å²) in [5.74, 6) is 2.42. The van der Waals surface area contributed by atoms with Gasteiger partial charge in [-0.1, -0.05) is 6.07 Å². The van der Waals surface area contributed by atoms with Crippen molar-refractivity contribution in [1.82, 2.24) is 4.90 Å². The lowest BCUT2D eigenvalue weighted by Crippen LogP contribution is -2.48. The van der Waals surface area contributed by atoms with Gasteiger partial charge in [0.05, 0.1) is 14.2 Å². The van der Waals surface area contributed by atoms with E-state index in [1.54, 1.807) is 14.2 Å². The summed E-state index contributed by atoms with van der Waals surface area (Å²) in [5, 5.41) is 13.6. The number of benzene rings is 2. The number of β-amino-alcohol motifs (C(OH)–C–C–N with tert-alkyl or cyclic N) is 1.